The third-order valence-electron chi connectivity index (χ3n) is 3.95. The summed E-state index contributed by atoms with van der Waals surface area (Å²) in [5.74, 6) is -2.01. The quantitative estimate of drug-likeness (QED) is 0.718. The van der Waals surface area contributed by atoms with Crippen LogP contribution in [0.15, 0.2) is 6.33 Å². The van der Waals surface area contributed by atoms with E-state index in [1.165, 1.54) is 12.7 Å². The number of nitrogens with one attached hydrogen (secondary N) is 2. The number of carboxylic acids is 1. The van der Waals surface area contributed by atoms with Crippen LogP contribution in [-0.4, -0.2) is 54.7 Å². The van der Waals surface area contributed by atoms with Crippen molar-refractivity contribution in [2.75, 3.05) is 6.54 Å². The molecule has 0 saturated carbocycles. The van der Waals surface area contributed by atoms with Crippen LogP contribution in [0.25, 0.3) is 0 Å². The number of alkyl halides is 3. The Morgan fingerprint density at radius 3 is 2.59 bits per heavy atom. The van der Waals surface area contributed by atoms with E-state index in [-0.39, 0.29) is 5.91 Å². The number of amides is 1. The van der Waals surface area contributed by atoms with Gasteiger partial charge in [0.25, 0.3) is 5.91 Å². The Hall–Kier alpha value is -2.92. The highest BCUT2D eigenvalue weighted by atomic mass is 19.4. The smallest absolute Gasteiger partial charge is 0.475 e. The molecule has 2 aromatic rings. The zero-order valence-electron chi connectivity index (χ0n) is 14.5. The van der Waals surface area contributed by atoms with E-state index >= 15 is 0 Å². The standard InChI is InChI=1S/C13H18N6O.C2HF3O2/c1-19-11(15-8-16-19)6-7-14-13(20)12-9-4-2-3-5-10(9)17-18-12;3-2(4,5)1(6)7/h8H,2-7H2,1H3,(H,14,20)(H,17,18);(H,6,7). The molecular formula is C15H19F3N6O3. The molecule has 3 N–H and O–H groups in total. The van der Waals surface area contributed by atoms with Crippen molar-refractivity contribution in [3.63, 3.8) is 0 Å². The number of fused-ring (bicyclic) bond motifs is 1. The van der Waals surface area contributed by atoms with Gasteiger partial charge in [0.05, 0.1) is 0 Å². The van der Waals surface area contributed by atoms with Gasteiger partial charge >= 0.3 is 12.1 Å². The first-order valence-corrected chi connectivity index (χ1v) is 8.17. The SMILES string of the molecule is Cn1ncnc1CCNC(=O)c1n[nH]c2c1CCCC2.O=C(O)C(F)(F)F. The molecule has 1 aliphatic rings. The molecule has 0 unspecified atom stereocenters. The molecule has 148 valence electrons. The van der Waals surface area contributed by atoms with E-state index < -0.39 is 12.1 Å². The van der Waals surface area contributed by atoms with Gasteiger partial charge in [0.15, 0.2) is 5.69 Å². The van der Waals surface area contributed by atoms with Gasteiger partial charge in [-0.1, -0.05) is 0 Å². The van der Waals surface area contributed by atoms with Gasteiger partial charge in [0.1, 0.15) is 12.2 Å². The van der Waals surface area contributed by atoms with Crippen molar-refractivity contribution >= 4 is 11.9 Å². The van der Waals surface area contributed by atoms with E-state index in [0.717, 1.165) is 36.3 Å². The number of aromatic amines is 1. The van der Waals surface area contributed by atoms with Crippen molar-refractivity contribution in [1.82, 2.24) is 30.3 Å². The Morgan fingerprint density at radius 2 is 2.00 bits per heavy atom. The number of rotatable bonds is 4. The largest absolute Gasteiger partial charge is 0.490 e. The van der Waals surface area contributed by atoms with Gasteiger partial charge in [-0.2, -0.15) is 23.4 Å². The molecule has 0 spiro atoms. The topological polar surface area (TPSA) is 126 Å². The summed E-state index contributed by atoms with van der Waals surface area (Å²) in [4.78, 5) is 25.2. The zero-order valence-corrected chi connectivity index (χ0v) is 14.5. The third-order valence-corrected chi connectivity index (χ3v) is 3.95. The van der Waals surface area contributed by atoms with Crippen LogP contribution in [-0.2, 0) is 31.1 Å². The third kappa shape index (κ3) is 5.53. The summed E-state index contributed by atoms with van der Waals surface area (Å²) in [6, 6.07) is 0. The summed E-state index contributed by atoms with van der Waals surface area (Å²) in [5, 5.41) is 21.2. The highest BCUT2D eigenvalue weighted by Gasteiger charge is 2.38. The fraction of sp³-hybridized carbons (Fsp3) is 0.533. The fourth-order valence-electron chi connectivity index (χ4n) is 2.59. The second kappa shape index (κ2) is 8.64. The number of aliphatic carboxylic acids is 1. The van der Waals surface area contributed by atoms with E-state index in [4.69, 9.17) is 9.90 Å². The van der Waals surface area contributed by atoms with E-state index in [0.29, 0.717) is 18.7 Å². The van der Waals surface area contributed by atoms with Gasteiger partial charge in [0.2, 0.25) is 0 Å². The van der Waals surface area contributed by atoms with Gasteiger partial charge in [0, 0.05) is 31.3 Å². The van der Waals surface area contributed by atoms with Gasteiger partial charge in [-0.25, -0.2) is 9.78 Å². The summed E-state index contributed by atoms with van der Waals surface area (Å²) in [6.45, 7) is 0.535. The highest BCUT2D eigenvalue weighted by Crippen LogP contribution is 2.21. The maximum Gasteiger partial charge on any atom is 0.490 e. The number of carboxylic acid groups (broad SMARTS) is 1. The van der Waals surface area contributed by atoms with Crippen LogP contribution in [0.3, 0.4) is 0 Å². The number of carbonyl (C=O) groups excluding carboxylic acids is 1. The number of H-pyrrole nitrogens is 1. The predicted octanol–water partition coefficient (Wildman–Crippen LogP) is 1.02. The Morgan fingerprint density at radius 1 is 1.33 bits per heavy atom. The maximum absolute atomic E-state index is 12.2. The molecule has 0 atom stereocenters. The number of nitrogens with zero attached hydrogens (tertiary/aromatic N) is 4. The lowest BCUT2D eigenvalue weighted by Crippen LogP contribution is -2.27. The Bertz CT molecular complexity index is 799. The average Bonchev–Trinajstić information content (AvgIpc) is 3.21. The number of aryl methyl sites for hydroxylation is 2. The molecule has 0 aromatic carbocycles. The summed E-state index contributed by atoms with van der Waals surface area (Å²) in [6.07, 6.45) is 1.33. The van der Waals surface area contributed by atoms with E-state index in [2.05, 4.69) is 25.6 Å². The molecule has 0 fully saturated rings. The highest BCUT2D eigenvalue weighted by molar-refractivity contribution is 5.94. The lowest BCUT2D eigenvalue weighted by atomic mass is 9.96. The van der Waals surface area contributed by atoms with Crippen molar-refractivity contribution in [2.45, 2.75) is 38.3 Å². The minimum atomic E-state index is -5.08. The number of aromatic nitrogens is 5. The summed E-state index contributed by atoms with van der Waals surface area (Å²) in [7, 11) is 1.84. The van der Waals surface area contributed by atoms with Crippen LogP contribution in [0.1, 0.15) is 40.4 Å². The minimum Gasteiger partial charge on any atom is -0.475 e. The van der Waals surface area contributed by atoms with Crippen molar-refractivity contribution < 1.29 is 27.9 Å². The van der Waals surface area contributed by atoms with Crippen molar-refractivity contribution in [2.24, 2.45) is 7.05 Å². The molecule has 9 nitrogen and oxygen atoms in total. The normalized spacial score (nSPS) is 13.3. The van der Waals surface area contributed by atoms with Crippen LogP contribution in [0, 0.1) is 0 Å². The fourth-order valence-corrected chi connectivity index (χ4v) is 2.59. The van der Waals surface area contributed by atoms with Gasteiger partial charge < -0.3 is 10.4 Å². The monoisotopic (exact) mass is 388 g/mol. The van der Waals surface area contributed by atoms with Crippen LogP contribution >= 0.6 is 0 Å². The molecule has 0 bridgehead atoms. The van der Waals surface area contributed by atoms with E-state index in [1.54, 1.807) is 4.68 Å². The molecule has 27 heavy (non-hydrogen) atoms. The summed E-state index contributed by atoms with van der Waals surface area (Å²) in [5.41, 5.74) is 2.76. The lowest BCUT2D eigenvalue weighted by molar-refractivity contribution is -0.192. The molecular weight excluding hydrogens is 369 g/mol. The van der Waals surface area contributed by atoms with Crippen molar-refractivity contribution in [1.29, 1.82) is 0 Å². The number of hydrogen-bond donors (Lipinski definition) is 3. The van der Waals surface area contributed by atoms with E-state index in [1.807, 2.05) is 7.05 Å². The molecule has 2 heterocycles. The molecule has 12 heteroatoms. The molecule has 0 radical (unpaired) electrons. The first-order valence-electron chi connectivity index (χ1n) is 8.17. The Labute approximate surface area is 152 Å². The zero-order chi connectivity index (χ0) is 20.0. The van der Waals surface area contributed by atoms with Crippen LogP contribution in [0.4, 0.5) is 13.2 Å². The van der Waals surface area contributed by atoms with Crippen LogP contribution in [0.2, 0.25) is 0 Å². The first kappa shape index (κ1) is 20.4. The molecule has 3 rings (SSSR count). The molecule has 0 aliphatic heterocycles. The van der Waals surface area contributed by atoms with Gasteiger partial charge in [-0.15, -0.1) is 0 Å². The van der Waals surface area contributed by atoms with E-state index in [9.17, 15) is 18.0 Å². The predicted molar refractivity (Wildman–Crippen MR) is 86.0 cm³/mol. The maximum atomic E-state index is 12.2. The second-order valence-corrected chi connectivity index (χ2v) is 5.85. The molecule has 1 aliphatic carbocycles. The second-order valence-electron chi connectivity index (χ2n) is 5.85. The van der Waals surface area contributed by atoms with Crippen LogP contribution in [0.5, 0.6) is 0 Å². The minimum absolute atomic E-state index is 0.105. The Kier molecular flexibility index (Phi) is 6.53. The number of halogens is 3. The Balaban J connectivity index is 0.000000321. The summed E-state index contributed by atoms with van der Waals surface area (Å²) < 4.78 is 33.4. The molecule has 2 aromatic heterocycles. The number of hydrogen-bond acceptors (Lipinski definition) is 5. The summed E-state index contributed by atoms with van der Waals surface area (Å²) >= 11 is 0. The number of carbonyl (C=O) groups is 2. The van der Waals surface area contributed by atoms with Gasteiger partial charge in [-0.3, -0.25) is 14.6 Å². The average molecular weight is 388 g/mol. The lowest BCUT2D eigenvalue weighted by Gasteiger charge is -2.11. The van der Waals surface area contributed by atoms with Gasteiger partial charge in [-0.05, 0) is 25.7 Å². The van der Waals surface area contributed by atoms with Crippen molar-refractivity contribution in [3.05, 3.63) is 29.1 Å². The molecule has 0 saturated heterocycles. The molecule has 1 amide bonds. The van der Waals surface area contributed by atoms with Crippen LogP contribution < -0.4 is 5.32 Å². The van der Waals surface area contributed by atoms with Crippen molar-refractivity contribution in [3.8, 4) is 0 Å². The first-order chi connectivity index (χ1) is 12.7.